The molecule has 3 aromatic rings. The molecule has 3 heterocycles. The van der Waals surface area contributed by atoms with Crippen LogP contribution in [0.2, 0.25) is 0 Å². The van der Waals surface area contributed by atoms with Gasteiger partial charge in [-0.05, 0) is 25.3 Å². The van der Waals surface area contributed by atoms with E-state index in [1.807, 2.05) is 25.4 Å². The van der Waals surface area contributed by atoms with Crippen molar-refractivity contribution in [1.29, 1.82) is 0 Å². The third-order valence-corrected chi connectivity index (χ3v) is 4.23. The predicted molar refractivity (Wildman–Crippen MR) is 82.7 cm³/mol. The Bertz CT molecular complexity index is 732. The maximum absolute atomic E-state index is 12.1. The van der Waals surface area contributed by atoms with Crippen LogP contribution in [-0.2, 0) is 5.75 Å². The highest BCUT2D eigenvalue weighted by Gasteiger charge is 2.17. The molecule has 0 aliphatic rings. The van der Waals surface area contributed by atoms with E-state index in [1.54, 1.807) is 27.9 Å². The first kappa shape index (κ1) is 14.2. The third-order valence-electron chi connectivity index (χ3n) is 2.97. The molecular formula is C13H14N4O2S2. The first-order chi connectivity index (χ1) is 10.2. The summed E-state index contributed by atoms with van der Waals surface area (Å²) in [6, 6.07) is 3.31. The Morgan fingerprint density at radius 1 is 1.57 bits per heavy atom. The first-order valence-corrected chi connectivity index (χ1v) is 8.62. The molecule has 0 aliphatic carbocycles. The molecule has 6 nitrogen and oxygen atoms in total. The Hall–Kier alpha value is -1.80. The highest BCUT2D eigenvalue weighted by Crippen LogP contribution is 2.17. The van der Waals surface area contributed by atoms with Crippen LogP contribution in [0.25, 0.3) is 4.96 Å². The molecule has 0 saturated heterocycles. The van der Waals surface area contributed by atoms with Gasteiger partial charge in [-0.1, -0.05) is 11.3 Å². The van der Waals surface area contributed by atoms with Gasteiger partial charge in [-0.15, -0.1) is 0 Å². The summed E-state index contributed by atoms with van der Waals surface area (Å²) >= 11 is 3.11. The van der Waals surface area contributed by atoms with Crippen molar-refractivity contribution in [3.63, 3.8) is 0 Å². The summed E-state index contributed by atoms with van der Waals surface area (Å²) in [5.41, 5.74) is 2.50. The van der Waals surface area contributed by atoms with Gasteiger partial charge in [0.15, 0.2) is 5.76 Å². The molecule has 1 atom stereocenters. The van der Waals surface area contributed by atoms with E-state index < -0.39 is 0 Å². The molecule has 0 radical (unpaired) electrons. The SMILES string of the molecule is CSCc1ccc(C(=O)NC(C)c2cn3ncsc3n2)o1. The highest BCUT2D eigenvalue weighted by atomic mass is 32.2. The molecule has 1 N–H and O–H groups in total. The van der Waals surface area contributed by atoms with Crippen molar-refractivity contribution in [2.45, 2.75) is 18.7 Å². The molecule has 3 aromatic heterocycles. The number of rotatable bonds is 5. The van der Waals surface area contributed by atoms with Crippen LogP contribution >= 0.6 is 23.1 Å². The van der Waals surface area contributed by atoms with Crippen LogP contribution < -0.4 is 5.32 Å². The number of carbonyl (C=O) groups is 1. The zero-order valence-electron chi connectivity index (χ0n) is 11.6. The van der Waals surface area contributed by atoms with Crippen molar-refractivity contribution < 1.29 is 9.21 Å². The van der Waals surface area contributed by atoms with Crippen LogP contribution in [0, 0.1) is 0 Å². The highest BCUT2D eigenvalue weighted by molar-refractivity contribution is 7.97. The molecule has 3 rings (SSSR count). The summed E-state index contributed by atoms with van der Waals surface area (Å²) in [7, 11) is 0. The summed E-state index contributed by atoms with van der Waals surface area (Å²) in [6.45, 7) is 1.89. The lowest BCUT2D eigenvalue weighted by Gasteiger charge is -2.09. The van der Waals surface area contributed by atoms with Crippen LogP contribution in [0.5, 0.6) is 0 Å². The van der Waals surface area contributed by atoms with Gasteiger partial charge in [0.2, 0.25) is 4.96 Å². The number of hydrogen-bond acceptors (Lipinski definition) is 6. The van der Waals surface area contributed by atoms with Gasteiger partial charge in [0.25, 0.3) is 5.91 Å². The fraction of sp³-hybridized carbons (Fsp3) is 0.308. The number of thioether (sulfide) groups is 1. The smallest absolute Gasteiger partial charge is 0.287 e. The van der Waals surface area contributed by atoms with E-state index in [-0.39, 0.29) is 11.9 Å². The topological polar surface area (TPSA) is 72.4 Å². The lowest BCUT2D eigenvalue weighted by molar-refractivity contribution is 0.0910. The van der Waals surface area contributed by atoms with E-state index in [0.717, 1.165) is 22.2 Å². The predicted octanol–water partition coefficient (Wildman–Crippen LogP) is 2.74. The molecule has 0 bridgehead atoms. The lowest BCUT2D eigenvalue weighted by Crippen LogP contribution is -2.26. The summed E-state index contributed by atoms with van der Waals surface area (Å²) in [5.74, 6) is 1.64. The zero-order valence-corrected chi connectivity index (χ0v) is 13.2. The summed E-state index contributed by atoms with van der Waals surface area (Å²) in [5, 5.41) is 7.00. The van der Waals surface area contributed by atoms with Gasteiger partial charge in [0.05, 0.1) is 23.7 Å². The molecule has 1 unspecified atom stereocenters. The second-order valence-corrected chi connectivity index (χ2v) is 6.20. The number of hydrogen-bond donors (Lipinski definition) is 1. The molecular weight excluding hydrogens is 308 g/mol. The Kier molecular flexibility index (Phi) is 3.98. The molecule has 0 aromatic carbocycles. The minimum Gasteiger partial charge on any atom is -0.455 e. The summed E-state index contributed by atoms with van der Waals surface area (Å²) in [6.07, 6.45) is 3.81. The van der Waals surface area contributed by atoms with Crippen LogP contribution in [0.15, 0.2) is 28.3 Å². The van der Waals surface area contributed by atoms with Crippen LogP contribution in [0.1, 0.15) is 35.0 Å². The van der Waals surface area contributed by atoms with Crippen LogP contribution in [0.4, 0.5) is 0 Å². The molecule has 0 aliphatic heterocycles. The standard InChI is InChI=1S/C13H14N4O2S2/c1-8(10-5-17-13(16-10)21-7-14-17)15-12(18)11-4-3-9(19-11)6-20-2/h3-5,7-8H,6H2,1-2H3,(H,15,18). The van der Waals surface area contributed by atoms with Gasteiger partial charge in [0, 0.05) is 0 Å². The number of furan rings is 1. The van der Waals surface area contributed by atoms with Crippen molar-refractivity contribution in [1.82, 2.24) is 19.9 Å². The minimum atomic E-state index is -0.237. The average Bonchev–Trinajstić information content (AvgIpc) is 3.13. The minimum absolute atomic E-state index is 0.208. The second-order valence-electron chi connectivity index (χ2n) is 4.53. The molecule has 1 amide bonds. The van der Waals surface area contributed by atoms with Gasteiger partial charge in [-0.25, -0.2) is 9.50 Å². The Morgan fingerprint density at radius 2 is 2.43 bits per heavy atom. The Labute approximate surface area is 129 Å². The molecule has 8 heteroatoms. The molecule has 0 saturated carbocycles. The Morgan fingerprint density at radius 3 is 3.19 bits per heavy atom. The van der Waals surface area contributed by atoms with E-state index in [4.69, 9.17) is 4.42 Å². The third kappa shape index (κ3) is 2.96. The number of aromatic nitrogens is 3. The maximum Gasteiger partial charge on any atom is 0.287 e. The molecule has 0 spiro atoms. The van der Waals surface area contributed by atoms with E-state index in [1.165, 1.54) is 11.3 Å². The van der Waals surface area contributed by atoms with Crippen molar-refractivity contribution in [2.75, 3.05) is 6.26 Å². The second kappa shape index (κ2) is 5.90. The van der Waals surface area contributed by atoms with Crippen molar-refractivity contribution in [2.24, 2.45) is 0 Å². The van der Waals surface area contributed by atoms with E-state index in [2.05, 4.69) is 15.4 Å². The van der Waals surface area contributed by atoms with Crippen LogP contribution in [0.3, 0.4) is 0 Å². The maximum atomic E-state index is 12.1. The van der Waals surface area contributed by atoms with E-state index >= 15 is 0 Å². The summed E-state index contributed by atoms with van der Waals surface area (Å²) in [4.78, 5) is 17.4. The van der Waals surface area contributed by atoms with Gasteiger partial charge in [-0.2, -0.15) is 16.9 Å². The van der Waals surface area contributed by atoms with Gasteiger partial charge >= 0.3 is 0 Å². The van der Waals surface area contributed by atoms with Crippen molar-refractivity contribution in [3.05, 3.63) is 41.1 Å². The van der Waals surface area contributed by atoms with Crippen molar-refractivity contribution in [3.8, 4) is 0 Å². The van der Waals surface area contributed by atoms with E-state index in [0.29, 0.717) is 5.76 Å². The fourth-order valence-electron chi connectivity index (χ4n) is 1.93. The largest absolute Gasteiger partial charge is 0.455 e. The van der Waals surface area contributed by atoms with Crippen LogP contribution in [-0.4, -0.2) is 26.8 Å². The Balaban J connectivity index is 1.69. The average molecular weight is 322 g/mol. The van der Waals surface area contributed by atoms with Gasteiger partial charge in [-0.3, -0.25) is 4.79 Å². The normalized spacial score (nSPS) is 12.7. The van der Waals surface area contributed by atoms with Gasteiger partial charge < -0.3 is 9.73 Å². The fourth-order valence-corrected chi connectivity index (χ4v) is 2.97. The quantitative estimate of drug-likeness (QED) is 0.782. The van der Waals surface area contributed by atoms with Gasteiger partial charge in [0.1, 0.15) is 11.3 Å². The van der Waals surface area contributed by atoms with Crippen molar-refractivity contribution >= 4 is 34.0 Å². The number of carbonyl (C=O) groups excluding carboxylic acids is 1. The number of amides is 1. The molecule has 110 valence electrons. The summed E-state index contributed by atoms with van der Waals surface area (Å²) < 4.78 is 7.20. The van der Waals surface area contributed by atoms with E-state index in [9.17, 15) is 4.79 Å². The number of imidazole rings is 1. The zero-order chi connectivity index (χ0) is 14.8. The number of fused-ring (bicyclic) bond motifs is 1. The number of nitrogens with one attached hydrogen (secondary N) is 1. The first-order valence-electron chi connectivity index (χ1n) is 6.34. The molecule has 21 heavy (non-hydrogen) atoms. The monoisotopic (exact) mass is 322 g/mol. The lowest BCUT2D eigenvalue weighted by atomic mass is 10.2. The molecule has 0 fully saturated rings. The number of nitrogens with zero attached hydrogens (tertiary/aromatic N) is 3.